The van der Waals surface area contributed by atoms with E-state index in [-0.39, 0.29) is 5.91 Å². The lowest BCUT2D eigenvalue weighted by Gasteiger charge is -2.06. The first kappa shape index (κ1) is 15.0. The van der Waals surface area contributed by atoms with Gasteiger partial charge < -0.3 is 15.2 Å². The quantitative estimate of drug-likeness (QED) is 0.764. The predicted octanol–water partition coefficient (Wildman–Crippen LogP) is 3.23. The van der Waals surface area contributed by atoms with Crippen molar-refractivity contribution >= 4 is 17.4 Å². The molecule has 21 heavy (non-hydrogen) atoms. The van der Waals surface area contributed by atoms with E-state index in [1.165, 1.54) is 12.8 Å². The van der Waals surface area contributed by atoms with Crippen molar-refractivity contribution in [3.05, 3.63) is 35.9 Å². The van der Waals surface area contributed by atoms with Gasteiger partial charge in [-0.2, -0.15) is 0 Å². The van der Waals surface area contributed by atoms with Gasteiger partial charge in [0.25, 0.3) is 5.91 Å². The van der Waals surface area contributed by atoms with E-state index in [2.05, 4.69) is 27.7 Å². The highest BCUT2D eigenvalue weighted by molar-refractivity contribution is 6.02. The second-order valence-corrected chi connectivity index (χ2v) is 4.84. The topological polar surface area (TPSA) is 80.0 Å². The maximum absolute atomic E-state index is 12.0. The minimum absolute atomic E-state index is 0.305. The van der Waals surface area contributed by atoms with E-state index in [0.29, 0.717) is 17.3 Å². The molecule has 0 radical (unpaired) electrons. The van der Waals surface area contributed by atoms with Crippen LogP contribution in [-0.2, 0) is 0 Å². The average molecular weight is 288 g/mol. The molecule has 2 heterocycles. The van der Waals surface area contributed by atoms with Crippen LogP contribution in [0, 0.1) is 6.92 Å². The van der Waals surface area contributed by atoms with Gasteiger partial charge in [-0.3, -0.25) is 4.79 Å². The third-order valence-corrected chi connectivity index (χ3v) is 2.98. The SMILES string of the molecule is CCCCCNc1ccc(C(=O)Nc2cc(C)on2)nc1. The molecule has 2 aromatic heterocycles. The van der Waals surface area contributed by atoms with Crippen LogP contribution < -0.4 is 10.6 Å². The molecule has 112 valence electrons. The number of pyridine rings is 1. The van der Waals surface area contributed by atoms with Crippen molar-refractivity contribution in [2.75, 3.05) is 17.2 Å². The molecule has 0 aromatic carbocycles. The highest BCUT2D eigenvalue weighted by Crippen LogP contribution is 2.11. The molecule has 0 bridgehead atoms. The Morgan fingerprint density at radius 3 is 2.81 bits per heavy atom. The summed E-state index contributed by atoms with van der Waals surface area (Å²) in [6.45, 7) is 4.85. The van der Waals surface area contributed by atoms with Crippen LogP contribution in [0.5, 0.6) is 0 Å². The van der Waals surface area contributed by atoms with Gasteiger partial charge in [-0.05, 0) is 25.5 Å². The van der Waals surface area contributed by atoms with Crippen LogP contribution in [-0.4, -0.2) is 22.6 Å². The molecule has 0 aliphatic rings. The molecule has 0 aliphatic carbocycles. The first-order valence-electron chi connectivity index (χ1n) is 7.13. The normalized spacial score (nSPS) is 10.4. The molecule has 6 nitrogen and oxygen atoms in total. The van der Waals surface area contributed by atoms with Gasteiger partial charge in [0, 0.05) is 12.6 Å². The van der Waals surface area contributed by atoms with E-state index in [4.69, 9.17) is 4.52 Å². The molecule has 6 heteroatoms. The molecule has 0 saturated carbocycles. The molecule has 2 N–H and O–H groups in total. The lowest BCUT2D eigenvalue weighted by atomic mass is 10.2. The second-order valence-electron chi connectivity index (χ2n) is 4.84. The molecule has 0 saturated heterocycles. The number of amides is 1. The van der Waals surface area contributed by atoms with E-state index >= 15 is 0 Å². The van der Waals surface area contributed by atoms with Crippen molar-refractivity contribution in [1.29, 1.82) is 0 Å². The van der Waals surface area contributed by atoms with Crippen molar-refractivity contribution in [3.8, 4) is 0 Å². The summed E-state index contributed by atoms with van der Waals surface area (Å²) in [6, 6.07) is 5.19. The van der Waals surface area contributed by atoms with Crippen molar-refractivity contribution < 1.29 is 9.32 Å². The molecule has 0 unspecified atom stereocenters. The molecule has 0 aliphatic heterocycles. The fraction of sp³-hybridized carbons (Fsp3) is 0.400. The Morgan fingerprint density at radius 1 is 1.33 bits per heavy atom. The first-order valence-corrected chi connectivity index (χ1v) is 7.13. The molecular weight excluding hydrogens is 268 g/mol. The number of carbonyl (C=O) groups is 1. The number of carbonyl (C=O) groups excluding carboxylic acids is 1. The Labute approximate surface area is 123 Å². The Balaban J connectivity index is 1.87. The zero-order valence-corrected chi connectivity index (χ0v) is 12.3. The van der Waals surface area contributed by atoms with Gasteiger partial charge in [-0.1, -0.05) is 24.9 Å². The molecule has 0 atom stereocenters. The monoisotopic (exact) mass is 288 g/mol. The lowest BCUT2D eigenvalue weighted by molar-refractivity contribution is 0.102. The summed E-state index contributed by atoms with van der Waals surface area (Å²) in [6.07, 6.45) is 5.19. The zero-order valence-electron chi connectivity index (χ0n) is 12.3. The summed E-state index contributed by atoms with van der Waals surface area (Å²) in [5.74, 6) is 0.729. The number of hydrogen-bond donors (Lipinski definition) is 2. The number of anilines is 2. The number of nitrogens with one attached hydrogen (secondary N) is 2. The van der Waals surface area contributed by atoms with Crippen LogP contribution in [0.1, 0.15) is 42.4 Å². The summed E-state index contributed by atoms with van der Waals surface area (Å²) in [5, 5.41) is 9.62. The maximum Gasteiger partial charge on any atom is 0.275 e. The van der Waals surface area contributed by atoms with Crippen molar-refractivity contribution in [3.63, 3.8) is 0 Å². The van der Waals surface area contributed by atoms with E-state index < -0.39 is 0 Å². The van der Waals surface area contributed by atoms with E-state index in [0.717, 1.165) is 18.7 Å². The van der Waals surface area contributed by atoms with Crippen molar-refractivity contribution in [1.82, 2.24) is 10.1 Å². The predicted molar refractivity (Wildman–Crippen MR) is 81.4 cm³/mol. The van der Waals surface area contributed by atoms with Gasteiger partial charge in [0.05, 0.1) is 11.9 Å². The number of rotatable bonds is 7. The lowest BCUT2D eigenvalue weighted by Crippen LogP contribution is -2.14. The third kappa shape index (κ3) is 4.59. The van der Waals surface area contributed by atoms with Gasteiger partial charge in [-0.25, -0.2) is 4.98 Å². The van der Waals surface area contributed by atoms with Gasteiger partial charge in [-0.15, -0.1) is 0 Å². The highest BCUT2D eigenvalue weighted by atomic mass is 16.5. The fourth-order valence-electron chi connectivity index (χ4n) is 1.85. The Kier molecular flexibility index (Phi) is 5.31. The Morgan fingerprint density at radius 2 is 2.19 bits per heavy atom. The van der Waals surface area contributed by atoms with Crippen LogP contribution in [0.15, 0.2) is 28.9 Å². The van der Waals surface area contributed by atoms with Crippen LogP contribution >= 0.6 is 0 Å². The van der Waals surface area contributed by atoms with Crippen LogP contribution in [0.3, 0.4) is 0 Å². The van der Waals surface area contributed by atoms with E-state index in [9.17, 15) is 4.79 Å². The minimum atomic E-state index is -0.305. The summed E-state index contributed by atoms with van der Waals surface area (Å²) in [4.78, 5) is 16.1. The second kappa shape index (κ2) is 7.42. The van der Waals surface area contributed by atoms with E-state index in [1.54, 1.807) is 25.3 Å². The highest BCUT2D eigenvalue weighted by Gasteiger charge is 2.10. The average Bonchev–Trinajstić information content (AvgIpc) is 2.89. The summed E-state index contributed by atoms with van der Waals surface area (Å²) in [5.41, 5.74) is 1.26. The van der Waals surface area contributed by atoms with Gasteiger partial charge in [0.15, 0.2) is 5.82 Å². The molecular formula is C15H20N4O2. The summed E-state index contributed by atoms with van der Waals surface area (Å²) < 4.78 is 4.89. The van der Waals surface area contributed by atoms with Gasteiger partial charge >= 0.3 is 0 Å². The maximum atomic E-state index is 12.0. The Bertz CT molecular complexity index is 578. The van der Waals surface area contributed by atoms with Crippen molar-refractivity contribution in [2.24, 2.45) is 0 Å². The molecule has 2 aromatic rings. The smallest absolute Gasteiger partial charge is 0.275 e. The summed E-state index contributed by atoms with van der Waals surface area (Å²) >= 11 is 0. The van der Waals surface area contributed by atoms with Gasteiger partial charge in [0.2, 0.25) is 0 Å². The molecule has 0 fully saturated rings. The largest absolute Gasteiger partial charge is 0.384 e. The standard InChI is InChI=1S/C15H20N4O2/c1-3-4-5-8-16-12-6-7-13(17-10-12)15(20)18-14-9-11(2)21-19-14/h6-7,9-10,16H,3-5,8H2,1-2H3,(H,18,19,20). The molecule has 2 rings (SSSR count). The third-order valence-electron chi connectivity index (χ3n) is 2.98. The molecule has 0 spiro atoms. The van der Waals surface area contributed by atoms with Crippen LogP contribution in [0.4, 0.5) is 11.5 Å². The molecule has 1 amide bonds. The van der Waals surface area contributed by atoms with Gasteiger partial charge in [0.1, 0.15) is 11.5 Å². The fourth-order valence-corrected chi connectivity index (χ4v) is 1.85. The summed E-state index contributed by atoms with van der Waals surface area (Å²) in [7, 11) is 0. The minimum Gasteiger partial charge on any atom is -0.384 e. The van der Waals surface area contributed by atoms with Crippen LogP contribution in [0.2, 0.25) is 0 Å². The number of aryl methyl sites for hydroxylation is 1. The Hall–Kier alpha value is -2.37. The number of unbranched alkanes of at least 4 members (excludes halogenated alkanes) is 2. The van der Waals surface area contributed by atoms with E-state index in [1.807, 2.05) is 6.07 Å². The van der Waals surface area contributed by atoms with Crippen LogP contribution in [0.25, 0.3) is 0 Å². The first-order chi connectivity index (χ1) is 10.2. The van der Waals surface area contributed by atoms with Crippen molar-refractivity contribution in [2.45, 2.75) is 33.1 Å². The number of aromatic nitrogens is 2. The zero-order chi connectivity index (χ0) is 15.1. The number of nitrogens with zero attached hydrogens (tertiary/aromatic N) is 2. The number of hydrogen-bond acceptors (Lipinski definition) is 5.